The molecule has 0 N–H and O–H groups in total. The first-order valence-electron chi connectivity index (χ1n) is 9.46. The SMILES string of the molecule is CCn1ncc(CN(Cc2ccc3c(c2)OCO3)CC2CCCO2)c1C. The number of aryl methyl sites for hydroxylation is 1. The van der Waals surface area contributed by atoms with Crippen LogP contribution >= 0.6 is 0 Å². The molecule has 1 atom stereocenters. The van der Waals surface area contributed by atoms with E-state index < -0.39 is 0 Å². The maximum absolute atomic E-state index is 5.88. The second-order valence-electron chi connectivity index (χ2n) is 7.06. The molecule has 1 saturated heterocycles. The fourth-order valence-electron chi connectivity index (χ4n) is 3.76. The smallest absolute Gasteiger partial charge is 0.231 e. The molecule has 1 aromatic heterocycles. The van der Waals surface area contributed by atoms with Crippen molar-refractivity contribution >= 4 is 0 Å². The van der Waals surface area contributed by atoms with Gasteiger partial charge in [-0.25, -0.2) is 0 Å². The number of hydrogen-bond acceptors (Lipinski definition) is 5. The predicted molar refractivity (Wildman–Crippen MR) is 98.3 cm³/mol. The van der Waals surface area contributed by atoms with Crippen LogP contribution in [0.15, 0.2) is 24.4 Å². The largest absolute Gasteiger partial charge is 0.454 e. The molecule has 2 aliphatic rings. The molecule has 0 radical (unpaired) electrons. The molecular formula is C20H27N3O3. The summed E-state index contributed by atoms with van der Waals surface area (Å²) in [5.41, 5.74) is 3.76. The van der Waals surface area contributed by atoms with Crippen LogP contribution in [-0.4, -0.2) is 40.7 Å². The van der Waals surface area contributed by atoms with Crippen molar-refractivity contribution in [3.05, 3.63) is 41.2 Å². The van der Waals surface area contributed by atoms with Crippen molar-refractivity contribution in [3.8, 4) is 11.5 Å². The Labute approximate surface area is 154 Å². The van der Waals surface area contributed by atoms with Gasteiger partial charge in [-0.05, 0) is 44.4 Å². The topological polar surface area (TPSA) is 48.8 Å². The summed E-state index contributed by atoms with van der Waals surface area (Å²) in [6.07, 6.45) is 4.63. The lowest BCUT2D eigenvalue weighted by Gasteiger charge is -2.25. The predicted octanol–water partition coefficient (Wildman–Crippen LogP) is 3.12. The van der Waals surface area contributed by atoms with Gasteiger partial charge in [0.2, 0.25) is 6.79 Å². The van der Waals surface area contributed by atoms with E-state index in [0.29, 0.717) is 12.9 Å². The molecule has 6 heteroatoms. The third kappa shape index (κ3) is 3.71. The summed E-state index contributed by atoms with van der Waals surface area (Å²) in [6.45, 7) is 9.04. The zero-order chi connectivity index (χ0) is 17.9. The van der Waals surface area contributed by atoms with Gasteiger partial charge >= 0.3 is 0 Å². The lowest BCUT2D eigenvalue weighted by Crippen LogP contribution is -2.31. The molecule has 1 fully saturated rings. The third-order valence-corrected chi connectivity index (χ3v) is 5.23. The van der Waals surface area contributed by atoms with Crippen molar-refractivity contribution in [1.29, 1.82) is 0 Å². The summed E-state index contributed by atoms with van der Waals surface area (Å²) in [5.74, 6) is 1.68. The van der Waals surface area contributed by atoms with Gasteiger partial charge < -0.3 is 14.2 Å². The maximum atomic E-state index is 5.88. The molecule has 3 heterocycles. The second kappa shape index (κ2) is 7.68. The van der Waals surface area contributed by atoms with Crippen LogP contribution < -0.4 is 9.47 Å². The quantitative estimate of drug-likeness (QED) is 0.762. The fourth-order valence-corrected chi connectivity index (χ4v) is 3.76. The molecule has 6 nitrogen and oxygen atoms in total. The van der Waals surface area contributed by atoms with Gasteiger partial charge in [-0.3, -0.25) is 9.58 Å². The molecule has 0 spiro atoms. The van der Waals surface area contributed by atoms with Gasteiger partial charge in [0.1, 0.15) is 0 Å². The van der Waals surface area contributed by atoms with Gasteiger partial charge in [0, 0.05) is 44.0 Å². The average Bonchev–Trinajstić information content (AvgIpc) is 3.37. The lowest BCUT2D eigenvalue weighted by molar-refractivity contribution is 0.0678. The fraction of sp³-hybridized carbons (Fsp3) is 0.550. The number of nitrogens with zero attached hydrogens (tertiary/aromatic N) is 3. The summed E-state index contributed by atoms with van der Waals surface area (Å²) >= 11 is 0. The van der Waals surface area contributed by atoms with E-state index in [-0.39, 0.29) is 0 Å². The van der Waals surface area contributed by atoms with E-state index in [1.165, 1.54) is 16.8 Å². The van der Waals surface area contributed by atoms with Gasteiger partial charge in [0.05, 0.1) is 12.3 Å². The van der Waals surface area contributed by atoms with Crippen LogP contribution in [0, 0.1) is 6.92 Å². The standard InChI is InChI=1S/C20H27N3O3/c1-3-23-15(2)17(10-21-23)12-22(13-18-5-4-8-24-18)11-16-6-7-19-20(9-16)26-14-25-19/h6-7,9-10,18H,3-5,8,11-14H2,1-2H3. The first kappa shape index (κ1) is 17.4. The van der Waals surface area contributed by atoms with E-state index in [9.17, 15) is 0 Å². The first-order chi connectivity index (χ1) is 12.7. The molecule has 0 bridgehead atoms. The van der Waals surface area contributed by atoms with E-state index in [4.69, 9.17) is 14.2 Å². The molecule has 26 heavy (non-hydrogen) atoms. The minimum Gasteiger partial charge on any atom is -0.454 e. The van der Waals surface area contributed by atoms with Crippen molar-refractivity contribution in [2.45, 2.75) is 52.4 Å². The number of hydrogen-bond donors (Lipinski definition) is 0. The molecule has 140 valence electrons. The molecular weight excluding hydrogens is 330 g/mol. The summed E-state index contributed by atoms with van der Waals surface area (Å²) in [7, 11) is 0. The number of rotatable bonds is 7. The summed E-state index contributed by atoms with van der Waals surface area (Å²) < 4.78 is 18.9. The Kier molecular flexibility index (Phi) is 5.13. The summed E-state index contributed by atoms with van der Waals surface area (Å²) in [4.78, 5) is 2.46. The van der Waals surface area contributed by atoms with Gasteiger partial charge in [0.15, 0.2) is 11.5 Å². The zero-order valence-corrected chi connectivity index (χ0v) is 15.6. The van der Waals surface area contributed by atoms with Crippen molar-refractivity contribution in [3.63, 3.8) is 0 Å². The average molecular weight is 357 g/mol. The number of fused-ring (bicyclic) bond motifs is 1. The molecule has 4 rings (SSSR count). The Hall–Kier alpha value is -2.05. The zero-order valence-electron chi connectivity index (χ0n) is 15.6. The summed E-state index contributed by atoms with van der Waals surface area (Å²) in [5, 5.41) is 4.50. The van der Waals surface area contributed by atoms with Crippen LogP contribution in [0.2, 0.25) is 0 Å². The highest BCUT2D eigenvalue weighted by Crippen LogP contribution is 2.33. The second-order valence-corrected chi connectivity index (χ2v) is 7.06. The molecule has 1 aromatic carbocycles. The van der Waals surface area contributed by atoms with Crippen LogP contribution in [0.1, 0.15) is 36.6 Å². The molecule has 0 aliphatic carbocycles. The highest BCUT2D eigenvalue weighted by molar-refractivity contribution is 5.44. The van der Waals surface area contributed by atoms with Gasteiger partial charge in [-0.1, -0.05) is 6.07 Å². The number of benzene rings is 1. The maximum Gasteiger partial charge on any atom is 0.231 e. The number of ether oxygens (including phenoxy) is 3. The molecule has 0 saturated carbocycles. The normalized spacial score (nSPS) is 18.8. The lowest BCUT2D eigenvalue weighted by atomic mass is 10.1. The van der Waals surface area contributed by atoms with Gasteiger partial charge in [-0.15, -0.1) is 0 Å². The Morgan fingerprint density at radius 3 is 2.88 bits per heavy atom. The minimum atomic E-state index is 0.313. The van der Waals surface area contributed by atoms with Crippen LogP contribution in [0.4, 0.5) is 0 Å². The van der Waals surface area contributed by atoms with E-state index in [1.807, 2.05) is 12.3 Å². The van der Waals surface area contributed by atoms with Crippen molar-refractivity contribution in [2.24, 2.45) is 0 Å². The Morgan fingerprint density at radius 2 is 2.12 bits per heavy atom. The summed E-state index contributed by atoms with van der Waals surface area (Å²) in [6, 6.07) is 6.22. The first-order valence-corrected chi connectivity index (χ1v) is 9.46. The van der Waals surface area contributed by atoms with E-state index in [0.717, 1.165) is 57.1 Å². The highest BCUT2D eigenvalue weighted by atomic mass is 16.7. The van der Waals surface area contributed by atoms with Gasteiger partial charge in [-0.2, -0.15) is 5.10 Å². The van der Waals surface area contributed by atoms with E-state index in [2.05, 4.69) is 40.7 Å². The van der Waals surface area contributed by atoms with Crippen molar-refractivity contribution in [2.75, 3.05) is 19.9 Å². The van der Waals surface area contributed by atoms with Crippen LogP contribution in [0.25, 0.3) is 0 Å². The van der Waals surface area contributed by atoms with Crippen molar-refractivity contribution in [1.82, 2.24) is 14.7 Å². The van der Waals surface area contributed by atoms with Crippen LogP contribution in [-0.2, 0) is 24.4 Å². The van der Waals surface area contributed by atoms with Gasteiger partial charge in [0.25, 0.3) is 0 Å². The Bertz CT molecular complexity index is 753. The number of aromatic nitrogens is 2. The Balaban J connectivity index is 1.50. The minimum absolute atomic E-state index is 0.313. The monoisotopic (exact) mass is 357 g/mol. The molecule has 1 unspecified atom stereocenters. The Morgan fingerprint density at radius 1 is 1.23 bits per heavy atom. The molecule has 2 aliphatic heterocycles. The molecule has 0 amide bonds. The molecule has 2 aromatic rings. The van der Waals surface area contributed by atoms with E-state index in [1.54, 1.807) is 0 Å². The van der Waals surface area contributed by atoms with Crippen LogP contribution in [0.5, 0.6) is 11.5 Å². The van der Waals surface area contributed by atoms with E-state index >= 15 is 0 Å². The highest BCUT2D eigenvalue weighted by Gasteiger charge is 2.22. The van der Waals surface area contributed by atoms with Crippen molar-refractivity contribution < 1.29 is 14.2 Å². The van der Waals surface area contributed by atoms with Crippen LogP contribution in [0.3, 0.4) is 0 Å². The third-order valence-electron chi connectivity index (χ3n) is 5.23.